The first kappa shape index (κ1) is 21.5. The van der Waals surface area contributed by atoms with Crippen LogP contribution >= 0.6 is 19.8 Å². The van der Waals surface area contributed by atoms with E-state index in [0.717, 1.165) is 6.42 Å². The quantitative estimate of drug-likeness (QED) is 0.0773. The molecule has 136 valence electrons. The van der Waals surface area contributed by atoms with E-state index in [1.807, 2.05) is 6.08 Å². The van der Waals surface area contributed by atoms with Gasteiger partial charge in [0.15, 0.2) is 0 Å². The van der Waals surface area contributed by atoms with Crippen LogP contribution in [0.15, 0.2) is 54.3 Å². The molecule has 0 aliphatic carbocycles. The summed E-state index contributed by atoms with van der Waals surface area (Å²) in [4.78, 5) is 0. The van der Waals surface area contributed by atoms with Crippen LogP contribution in [0.1, 0.15) is 65.2 Å². The summed E-state index contributed by atoms with van der Waals surface area (Å²) in [5.41, 5.74) is 6.00. The van der Waals surface area contributed by atoms with E-state index in [2.05, 4.69) is 51.0 Å². The van der Waals surface area contributed by atoms with Crippen molar-refractivity contribution < 1.29 is 0 Å². The minimum atomic E-state index is -0.593. The molecule has 0 nitrogen and oxygen atoms in total. The summed E-state index contributed by atoms with van der Waals surface area (Å²) in [5.74, 6) is 0.589. The maximum absolute atomic E-state index is 3.94. The molecule has 1 unspecified atom stereocenters. The molecule has 1 heteroatoms. The Balaban J connectivity index is 2.53. The van der Waals surface area contributed by atoms with Crippen molar-refractivity contribution in [2.24, 2.45) is 5.92 Å². The summed E-state index contributed by atoms with van der Waals surface area (Å²) < 4.78 is 4.71. The maximum atomic E-state index is 3.94. The Morgan fingerprint density at radius 2 is 1.96 bits per heavy atom. The zero-order chi connectivity index (χ0) is 17.6. The summed E-state index contributed by atoms with van der Waals surface area (Å²) in [6.45, 7) is 12.2. The normalized spacial score (nSPS) is 18.4. The molecule has 0 spiro atoms. The molecule has 1 aliphatic rings. The molecule has 24 heavy (non-hydrogen) atoms. The van der Waals surface area contributed by atoms with Gasteiger partial charge in [-0.05, 0) is 0 Å². The summed E-state index contributed by atoms with van der Waals surface area (Å²) in [5, 5.41) is 0. The minimum absolute atomic E-state index is 0.589. The Kier molecular flexibility index (Phi) is 12.3. The third-order valence-electron chi connectivity index (χ3n) is 4.90. The van der Waals surface area contributed by atoms with Gasteiger partial charge in [0, 0.05) is 0 Å². The topological polar surface area (TPSA) is 0 Å². The van der Waals surface area contributed by atoms with E-state index < -0.39 is 19.8 Å². The standard InChI is InChI=1S/C23H37I/c1-5-9-11-14-22(7-3)23(8-4)16-15-21(6-2)17-20-24-18-12-10-13-19-24/h5-6,15-16,22H,1,4,7,9-14,17-20H2,2-3H3/b16-15-,21-6+. The summed E-state index contributed by atoms with van der Waals surface area (Å²) in [7, 11) is 0. The average Bonchev–Trinajstić information content (AvgIpc) is 2.63. The van der Waals surface area contributed by atoms with Gasteiger partial charge in [-0.25, -0.2) is 0 Å². The first-order valence-electron chi connectivity index (χ1n) is 9.66. The van der Waals surface area contributed by atoms with Gasteiger partial charge in [-0.1, -0.05) is 0 Å². The molecular weight excluding hydrogens is 403 g/mol. The Morgan fingerprint density at radius 3 is 2.54 bits per heavy atom. The van der Waals surface area contributed by atoms with Crippen molar-refractivity contribution in [2.75, 3.05) is 13.3 Å². The van der Waals surface area contributed by atoms with Crippen LogP contribution < -0.4 is 0 Å². The number of allylic oxidation sites excluding steroid dienone is 6. The molecule has 0 aromatic rings. The third kappa shape index (κ3) is 8.53. The van der Waals surface area contributed by atoms with Gasteiger partial charge in [0.2, 0.25) is 0 Å². The molecule has 1 fully saturated rings. The monoisotopic (exact) mass is 440 g/mol. The van der Waals surface area contributed by atoms with Crippen LogP contribution in [0, 0.1) is 5.92 Å². The Bertz CT molecular complexity index is 456. The molecule has 0 radical (unpaired) electrons. The van der Waals surface area contributed by atoms with Crippen molar-refractivity contribution in [2.45, 2.75) is 65.2 Å². The summed E-state index contributed by atoms with van der Waals surface area (Å²) in [6, 6.07) is 0. The van der Waals surface area contributed by atoms with E-state index in [4.69, 9.17) is 0 Å². The van der Waals surface area contributed by atoms with E-state index in [1.165, 1.54) is 60.5 Å². The molecule has 0 N–H and O–H groups in total. The number of unbranched alkanes of at least 4 members (excludes halogenated alkanes) is 1. The first-order chi connectivity index (χ1) is 11.7. The fraction of sp³-hybridized carbons (Fsp3) is 0.609. The van der Waals surface area contributed by atoms with Gasteiger partial charge < -0.3 is 0 Å². The fourth-order valence-electron chi connectivity index (χ4n) is 3.22. The van der Waals surface area contributed by atoms with Gasteiger partial charge in [-0.15, -0.1) is 0 Å². The van der Waals surface area contributed by atoms with E-state index in [-0.39, 0.29) is 0 Å². The van der Waals surface area contributed by atoms with Gasteiger partial charge in [0.25, 0.3) is 0 Å². The van der Waals surface area contributed by atoms with Crippen molar-refractivity contribution >= 4 is 19.8 Å². The number of halogens is 1. The van der Waals surface area contributed by atoms with E-state index in [1.54, 1.807) is 8.86 Å². The van der Waals surface area contributed by atoms with Crippen molar-refractivity contribution in [3.05, 3.63) is 54.3 Å². The molecule has 1 atom stereocenters. The molecule has 0 bridgehead atoms. The average molecular weight is 440 g/mol. The Morgan fingerprint density at radius 1 is 1.21 bits per heavy atom. The summed E-state index contributed by atoms with van der Waals surface area (Å²) >= 11 is -0.593. The number of alkyl halides is 3. The van der Waals surface area contributed by atoms with E-state index >= 15 is 0 Å². The van der Waals surface area contributed by atoms with Crippen LogP contribution in [0.25, 0.3) is 0 Å². The predicted molar refractivity (Wildman–Crippen MR) is 120 cm³/mol. The van der Waals surface area contributed by atoms with Crippen LogP contribution in [0.3, 0.4) is 0 Å². The first-order valence-corrected chi connectivity index (χ1v) is 14.2. The van der Waals surface area contributed by atoms with Gasteiger partial charge in [-0.3, -0.25) is 0 Å². The number of rotatable bonds is 11. The molecule has 1 aliphatic heterocycles. The Hall–Kier alpha value is -0.530. The van der Waals surface area contributed by atoms with Gasteiger partial charge in [0.1, 0.15) is 0 Å². The van der Waals surface area contributed by atoms with Crippen molar-refractivity contribution in [3.63, 3.8) is 0 Å². The molecule has 1 saturated heterocycles. The summed E-state index contributed by atoms with van der Waals surface area (Å²) in [6.07, 6.45) is 19.4. The second-order valence-corrected chi connectivity index (χ2v) is 13.1. The molecule has 0 aromatic heterocycles. The zero-order valence-corrected chi connectivity index (χ0v) is 18.1. The second kappa shape index (κ2) is 13.7. The molecule has 0 amide bonds. The molecular formula is C23H37I. The zero-order valence-electron chi connectivity index (χ0n) is 16.0. The van der Waals surface area contributed by atoms with Gasteiger partial charge >= 0.3 is 159 Å². The van der Waals surface area contributed by atoms with Crippen molar-refractivity contribution in [1.29, 1.82) is 0 Å². The number of hydrogen-bond acceptors (Lipinski definition) is 0. The van der Waals surface area contributed by atoms with E-state index in [9.17, 15) is 0 Å². The van der Waals surface area contributed by atoms with Crippen LogP contribution in [0.2, 0.25) is 0 Å². The SMILES string of the molecule is C=C=C(/C=C\C(=C/C)CCI1CCCCC1)C(CC)CCCC=C. The van der Waals surface area contributed by atoms with Crippen LogP contribution in [-0.4, -0.2) is 13.3 Å². The Labute approximate surface area is 158 Å². The van der Waals surface area contributed by atoms with Crippen molar-refractivity contribution in [1.82, 2.24) is 0 Å². The predicted octanol–water partition coefficient (Wildman–Crippen LogP) is 7.66. The van der Waals surface area contributed by atoms with Crippen molar-refractivity contribution in [3.8, 4) is 0 Å². The third-order valence-corrected chi connectivity index (χ3v) is 11.5. The molecule has 1 rings (SSSR count). The van der Waals surface area contributed by atoms with Gasteiger partial charge in [-0.2, -0.15) is 0 Å². The molecule has 0 aromatic carbocycles. The molecule has 0 saturated carbocycles. The van der Waals surface area contributed by atoms with E-state index in [0.29, 0.717) is 5.92 Å². The fourth-order valence-corrected chi connectivity index (χ4v) is 9.46. The van der Waals surface area contributed by atoms with Crippen LogP contribution in [0.5, 0.6) is 0 Å². The number of hydrogen-bond donors (Lipinski definition) is 0. The van der Waals surface area contributed by atoms with Crippen LogP contribution in [-0.2, 0) is 0 Å². The second-order valence-electron chi connectivity index (χ2n) is 6.60. The molecule has 1 heterocycles. The van der Waals surface area contributed by atoms with Crippen LogP contribution in [0.4, 0.5) is 0 Å². The van der Waals surface area contributed by atoms with Gasteiger partial charge in [0.05, 0.1) is 0 Å².